The quantitative estimate of drug-likeness (QED) is 0.691. The number of H-pyrrole nitrogens is 1. The number of carbonyl (C=O) groups is 1. The molecule has 23 heavy (non-hydrogen) atoms. The van der Waals surface area contributed by atoms with Gasteiger partial charge in [0.1, 0.15) is 11.4 Å². The van der Waals surface area contributed by atoms with Gasteiger partial charge in [-0.25, -0.2) is 0 Å². The van der Waals surface area contributed by atoms with Crippen LogP contribution in [0.2, 0.25) is 0 Å². The predicted octanol–water partition coefficient (Wildman–Crippen LogP) is 3.65. The summed E-state index contributed by atoms with van der Waals surface area (Å²) >= 11 is 0. The molecule has 0 unspecified atom stereocenters. The Labute approximate surface area is 134 Å². The van der Waals surface area contributed by atoms with Gasteiger partial charge in [-0.1, -0.05) is 18.2 Å². The first-order chi connectivity index (χ1) is 11.0. The number of nitrogens with one attached hydrogen (secondary N) is 2. The molecule has 1 aromatic heterocycles. The Morgan fingerprint density at radius 2 is 1.78 bits per heavy atom. The zero-order valence-electron chi connectivity index (χ0n) is 12.9. The van der Waals surface area contributed by atoms with Crippen molar-refractivity contribution >= 4 is 11.6 Å². The van der Waals surface area contributed by atoms with Gasteiger partial charge >= 0.3 is 0 Å². The molecule has 2 aromatic carbocycles. The van der Waals surface area contributed by atoms with Crippen molar-refractivity contribution in [2.24, 2.45) is 0 Å². The average Bonchev–Trinajstić information content (AvgIpc) is 3.02. The van der Waals surface area contributed by atoms with Gasteiger partial charge < -0.3 is 10.4 Å². The second kappa shape index (κ2) is 5.96. The molecule has 0 aliphatic heterocycles. The van der Waals surface area contributed by atoms with Gasteiger partial charge in [-0.15, -0.1) is 0 Å². The van der Waals surface area contributed by atoms with E-state index in [1.165, 1.54) is 0 Å². The first-order valence-electron chi connectivity index (χ1n) is 7.27. The molecule has 0 atom stereocenters. The smallest absolute Gasteiger partial charge is 0.273 e. The molecule has 3 N–H and O–H groups in total. The first-order valence-corrected chi connectivity index (χ1v) is 7.27. The SMILES string of the molecule is Cc1cc(O)c(-c2cc(C(=O)Nc3ccccc3)[nH]n2)cc1C. The number of amides is 1. The molecule has 5 heteroatoms. The van der Waals surface area contributed by atoms with Crippen LogP contribution in [0.4, 0.5) is 5.69 Å². The summed E-state index contributed by atoms with van der Waals surface area (Å²) in [5.74, 6) is -0.132. The van der Waals surface area contributed by atoms with E-state index in [0.717, 1.165) is 11.1 Å². The number of nitrogens with zero attached hydrogens (tertiary/aromatic N) is 1. The largest absolute Gasteiger partial charge is 0.507 e. The van der Waals surface area contributed by atoms with E-state index in [4.69, 9.17) is 0 Å². The van der Waals surface area contributed by atoms with E-state index in [2.05, 4.69) is 15.5 Å². The van der Waals surface area contributed by atoms with Crippen molar-refractivity contribution in [3.05, 3.63) is 65.4 Å². The van der Waals surface area contributed by atoms with Gasteiger partial charge in [0.2, 0.25) is 0 Å². The highest BCUT2D eigenvalue weighted by molar-refractivity contribution is 6.03. The van der Waals surface area contributed by atoms with Crippen LogP contribution >= 0.6 is 0 Å². The maximum atomic E-state index is 12.2. The van der Waals surface area contributed by atoms with Gasteiger partial charge in [-0.2, -0.15) is 5.10 Å². The van der Waals surface area contributed by atoms with Crippen LogP contribution in [0.25, 0.3) is 11.3 Å². The van der Waals surface area contributed by atoms with E-state index in [-0.39, 0.29) is 11.7 Å². The molecule has 0 fully saturated rings. The molecular weight excluding hydrogens is 290 g/mol. The van der Waals surface area contributed by atoms with E-state index in [9.17, 15) is 9.90 Å². The van der Waals surface area contributed by atoms with Crippen LogP contribution in [0.3, 0.4) is 0 Å². The third-order valence-electron chi connectivity index (χ3n) is 3.74. The molecule has 0 bridgehead atoms. The Balaban J connectivity index is 1.86. The molecule has 0 spiro atoms. The number of rotatable bonds is 3. The highest BCUT2D eigenvalue weighted by Gasteiger charge is 2.14. The zero-order chi connectivity index (χ0) is 16.4. The fourth-order valence-electron chi connectivity index (χ4n) is 2.30. The topological polar surface area (TPSA) is 78.0 Å². The molecule has 1 heterocycles. The Bertz CT molecular complexity index is 854. The summed E-state index contributed by atoms with van der Waals surface area (Å²) < 4.78 is 0. The van der Waals surface area contributed by atoms with E-state index in [1.807, 2.05) is 50.2 Å². The average molecular weight is 307 g/mol. The van der Waals surface area contributed by atoms with Crippen molar-refractivity contribution in [3.63, 3.8) is 0 Å². The lowest BCUT2D eigenvalue weighted by Gasteiger charge is -2.05. The Morgan fingerprint density at radius 3 is 2.52 bits per heavy atom. The number of carbonyl (C=O) groups excluding carboxylic acids is 1. The molecule has 0 saturated carbocycles. The predicted molar refractivity (Wildman–Crippen MR) is 89.6 cm³/mol. The number of aromatic nitrogens is 2. The summed E-state index contributed by atoms with van der Waals surface area (Å²) in [6.07, 6.45) is 0. The second-order valence-corrected chi connectivity index (χ2v) is 5.44. The van der Waals surface area contributed by atoms with Gasteiger partial charge in [0.25, 0.3) is 5.91 Å². The van der Waals surface area contributed by atoms with Crippen LogP contribution in [0.5, 0.6) is 5.75 Å². The van der Waals surface area contributed by atoms with Crippen LogP contribution < -0.4 is 5.32 Å². The van der Waals surface area contributed by atoms with E-state index in [1.54, 1.807) is 12.1 Å². The maximum Gasteiger partial charge on any atom is 0.273 e. The van der Waals surface area contributed by atoms with Crippen LogP contribution in [0.1, 0.15) is 21.6 Å². The van der Waals surface area contributed by atoms with Crippen LogP contribution in [0, 0.1) is 13.8 Å². The zero-order valence-corrected chi connectivity index (χ0v) is 12.9. The fourth-order valence-corrected chi connectivity index (χ4v) is 2.30. The van der Waals surface area contributed by atoms with Crippen molar-refractivity contribution in [2.75, 3.05) is 5.32 Å². The number of phenolic OH excluding ortho intramolecular Hbond substituents is 1. The fraction of sp³-hybridized carbons (Fsp3) is 0.111. The van der Waals surface area contributed by atoms with Gasteiger partial charge in [-0.3, -0.25) is 9.89 Å². The molecule has 1 amide bonds. The second-order valence-electron chi connectivity index (χ2n) is 5.44. The summed E-state index contributed by atoms with van der Waals surface area (Å²) in [7, 11) is 0. The number of benzene rings is 2. The van der Waals surface area contributed by atoms with Gasteiger partial charge in [0.05, 0.1) is 5.69 Å². The van der Waals surface area contributed by atoms with Crippen LogP contribution in [-0.2, 0) is 0 Å². The third kappa shape index (κ3) is 3.08. The standard InChI is InChI=1S/C18H17N3O2/c1-11-8-14(17(22)9-12(11)2)15-10-16(21-20-15)18(23)19-13-6-4-3-5-7-13/h3-10,22H,1-2H3,(H,19,23)(H,20,21). The van der Waals surface area contributed by atoms with Crippen molar-refractivity contribution in [2.45, 2.75) is 13.8 Å². The van der Waals surface area contributed by atoms with Gasteiger partial charge in [-0.05, 0) is 55.3 Å². The Kier molecular flexibility index (Phi) is 3.85. The molecule has 3 rings (SSSR count). The number of aryl methyl sites for hydroxylation is 2. The van der Waals surface area contributed by atoms with Gasteiger partial charge in [0.15, 0.2) is 0 Å². The Hall–Kier alpha value is -3.08. The molecule has 5 nitrogen and oxygen atoms in total. The number of phenols is 1. The van der Waals surface area contributed by atoms with Crippen LogP contribution in [0.15, 0.2) is 48.5 Å². The highest BCUT2D eigenvalue weighted by Crippen LogP contribution is 2.30. The van der Waals surface area contributed by atoms with Crippen LogP contribution in [-0.4, -0.2) is 21.2 Å². The first kappa shape index (κ1) is 14.8. The lowest BCUT2D eigenvalue weighted by atomic mass is 10.0. The lowest BCUT2D eigenvalue weighted by molar-refractivity contribution is 0.102. The minimum absolute atomic E-state index is 0.148. The minimum atomic E-state index is -0.279. The van der Waals surface area contributed by atoms with Crippen molar-refractivity contribution < 1.29 is 9.90 Å². The number of hydrogen-bond acceptors (Lipinski definition) is 3. The van der Waals surface area contributed by atoms with E-state index < -0.39 is 0 Å². The lowest BCUT2D eigenvalue weighted by Crippen LogP contribution is -2.12. The number of hydrogen-bond donors (Lipinski definition) is 3. The molecule has 116 valence electrons. The van der Waals surface area contributed by atoms with Crippen molar-refractivity contribution in [1.29, 1.82) is 0 Å². The molecule has 0 radical (unpaired) electrons. The minimum Gasteiger partial charge on any atom is -0.507 e. The number of anilines is 1. The summed E-state index contributed by atoms with van der Waals surface area (Å²) in [6.45, 7) is 3.90. The monoisotopic (exact) mass is 307 g/mol. The van der Waals surface area contributed by atoms with Gasteiger partial charge in [0, 0.05) is 11.3 Å². The maximum absolute atomic E-state index is 12.2. The summed E-state index contributed by atoms with van der Waals surface area (Å²) in [5.41, 5.74) is 4.23. The molecule has 0 saturated heterocycles. The number of aromatic hydroxyl groups is 1. The highest BCUT2D eigenvalue weighted by atomic mass is 16.3. The van der Waals surface area contributed by atoms with E-state index >= 15 is 0 Å². The Morgan fingerprint density at radius 1 is 1.09 bits per heavy atom. The molecule has 0 aliphatic rings. The summed E-state index contributed by atoms with van der Waals surface area (Å²) in [6, 6.07) is 14.4. The molecule has 3 aromatic rings. The summed E-state index contributed by atoms with van der Waals surface area (Å²) in [4.78, 5) is 12.2. The summed E-state index contributed by atoms with van der Waals surface area (Å²) in [5, 5.41) is 19.7. The van der Waals surface area contributed by atoms with Crippen molar-refractivity contribution in [3.8, 4) is 17.0 Å². The number of para-hydroxylation sites is 1. The molecular formula is C18H17N3O2. The van der Waals surface area contributed by atoms with E-state index in [0.29, 0.717) is 22.6 Å². The van der Waals surface area contributed by atoms with Crippen molar-refractivity contribution in [1.82, 2.24) is 10.2 Å². The third-order valence-corrected chi connectivity index (χ3v) is 3.74. The normalized spacial score (nSPS) is 10.5. The molecule has 0 aliphatic carbocycles. The number of aromatic amines is 1.